The van der Waals surface area contributed by atoms with E-state index >= 15 is 0 Å². The molecule has 1 aromatic heterocycles. The van der Waals surface area contributed by atoms with Crippen LogP contribution in [0.4, 0.5) is 0 Å². The Morgan fingerprint density at radius 1 is 1.30 bits per heavy atom. The van der Waals surface area contributed by atoms with Crippen molar-refractivity contribution in [2.75, 3.05) is 0 Å². The average molecular weight is 335 g/mol. The number of aromatic nitrogens is 1. The fourth-order valence-electron chi connectivity index (χ4n) is 1.61. The van der Waals surface area contributed by atoms with E-state index in [1.165, 1.54) is 0 Å². The van der Waals surface area contributed by atoms with Gasteiger partial charge in [0.15, 0.2) is 6.10 Å². The molecule has 20 heavy (non-hydrogen) atoms. The lowest BCUT2D eigenvalue weighted by Crippen LogP contribution is -2.36. The number of benzene rings is 1. The molecule has 1 unspecified atom stereocenters. The van der Waals surface area contributed by atoms with Gasteiger partial charge in [-0.25, -0.2) is 0 Å². The highest BCUT2D eigenvalue weighted by Crippen LogP contribution is 2.24. The number of amides is 1. The van der Waals surface area contributed by atoms with Crippen LogP contribution in [0.1, 0.15) is 12.6 Å². The van der Waals surface area contributed by atoms with Crippen LogP contribution in [-0.2, 0) is 11.3 Å². The van der Waals surface area contributed by atoms with Crippen molar-refractivity contribution in [3.63, 3.8) is 0 Å². The fourth-order valence-corrected chi connectivity index (χ4v) is 1.99. The zero-order valence-electron chi connectivity index (χ0n) is 11.0. The summed E-state index contributed by atoms with van der Waals surface area (Å²) >= 11 is 3.38. The maximum atomic E-state index is 12.0. The van der Waals surface area contributed by atoms with E-state index in [1.807, 2.05) is 42.5 Å². The molecule has 2 aromatic rings. The molecule has 0 aliphatic heterocycles. The summed E-state index contributed by atoms with van der Waals surface area (Å²) in [6.07, 6.45) is 1.13. The standard InChI is InChI=1S/C15H15BrN2O2/c1-11(20-14-8-3-2-7-13(14)16)15(19)18-10-12-6-4-5-9-17-12/h2-9,11H,10H2,1H3,(H,18,19). The lowest BCUT2D eigenvalue weighted by molar-refractivity contribution is -0.127. The number of hydrogen-bond acceptors (Lipinski definition) is 3. The number of ether oxygens (including phenoxy) is 1. The van der Waals surface area contributed by atoms with Gasteiger partial charge in [0, 0.05) is 6.20 Å². The third-order valence-corrected chi connectivity index (χ3v) is 3.33. The Labute approximate surface area is 126 Å². The molecule has 0 fully saturated rings. The Hall–Kier alpha value is -1.88. The molecule has 5 heteroatoms. The molecule has 0 aliphatic carbocycles. The van der Waals surface area contributed by atoms with E-state index in [2.05, 4.69) is 26.2 Å². The van der Waals surface area contributed by atoms with Gasteiger partial charge in [0.2, 0.25) is 0 Å². The van der Waals surface area contributed by atoms with Crippen LogP contribution < -0.4 is 10.1 Å². The van der Waals surface area contributed by atoms with Gasteiger partial charge in [-0.3, -0.25) is 9.78 Å². The molecular formula is C15H15BrN2O2. The molecule has 1 atom stereocenters. The molecule has 0 radical (unpaired) electrons. The molecule has 1 heterocycles. The largest absolute Gasteiger partial charge is 0.480 e. The molecular weight excluding hydrogens is 320 g/mol. The Kier molecular flexibility index (Phi) is 5.12. The third kappa shape index (κ3) is 4.06. The van der Waals surface area contributed by atoms with Gasteiger partial charge in [-0.15, -0.1) is 0 Å². The summed E-state index contributed by atoms with van der Waals surface area (Å²) < 4.78 is 6.44. The minimum absolute atomic E-state index is 0.175. The van der Waals surface area contributed by atoms with Crippen LogP contribution in [0.25, 0.3) is 0 Å². The van der Waals surface area contributed by atoms with Gasteiger partial charge in [0.1, 0.15) is 5.75 Å². The van der Waals surface area contributed by atoms with Gasteiger partial charge < -0.3 is 10.1 Å². The van der Waals surface area contributed by atoms with E-state index in [0.717, 1.165) is 10.2 Å². The monoisotopic (exact) mass is 334 g/mol. The number of pyridine rings is 1. The highest BCUT2D eigenvalue weighted by Gasteiger charge is 2.15. The number of hydrogen-bond donors (Lipinski definition) is 1. The summed E-state index contributed by atoms with van der Waals surface area (Å²) in [6.45, 7) is 2.11. The lowest BCUT2D eigenvalue weighted by Gasteiger charge is -2.15. The summed E-state index contributed by atoms with van der Waals surface area (Å²) in [5, 5.41) is 2.80. The quantitative estimate of drug-likeness (QED) is 0.914. The molecule has 4 nitrogen and oxygen atoms in total. The smallest absolute Gasteiger partial charge is 0.261 e. The van der Waals surface area contributed by atoms with Crippen LogP contribution in [0, 0.1) is 0 Å². The van der Waals surface area contributed by atoms with Crippen molar-refractivity contribution in [2.45, 2.75) is 19.6 Å². The van der Waals surface area contributed by atoms with Crippen molar-refractivity contribution >= 4 is 21.8 Å². The number of halogens is 1. The second kappa shape index (κ2) is 7.05. The summed E-state index contributed by atoms with van der Waals surface area (Å²) in [6, 6.07) is 13.0. The van der Waals surface area contributed by atoms with Gasteiger partial charge in [-0.2, -0.15) is 0 Å². The first-order valence-electron chi connectivity index (χ1n) is 6.25. The van der Waals surface area contributed by atoms with Crippen molar-refractivity contribution < 1.29 is 9.53 Å². The summed E-state index contributed by atoms with van der Waals surface area (Å²) in [7, 11) is 0. The van der Waals surface area contributed by atoms with Crippen LogP contribution in [0.15, 0.2) is 53.1 Å². The summed E-state index contributed by atoms with van der Waals surface area (Å²) in [5.74, 6) is 0.472. The van der Waals surface area contributed by atoms with Crippen molar-refractivity contribution in [3.05, 3.63) is 58.8 Å². The highest BCUT2D eigenvalue weighted by atomic mass is 79.9. The summed E-state index contributed by atoms with van der Waals surface area (Å²) in [5.41, 5.74) is 0.814. The molecule has 0 bridgehead atoms. The average Bonchev–Trinajstić information content (AvgIpc) is 2.48. The fraction of sp³-hybridized carbons (Fsp3) is 0.200. The first-order chi connectivity index (χ1) is 9.66. The maximum absolute atomic E-state index is 12.0. The number of nitrogens with one attached hydrogen (secondary N) is 1. The number of rotatable bonds is 5. The van der Waals surface area contributed by atoms with Crippen LogP contribution >= 0.6 is 15.9 Å². The van der Waals surface area contributed by atoms with Gasteiger partial charge >= 0.3 is 0 Å². The van der Waals surface area contributed by atoms with Gasteiger partial charge in [0.05, 0.1) is 16.7 Å². The zero-order chi connectivity index (χ0) is 14.4. The topological polar surface area (TPSA) is 51.2 Å². The highest BCUT2D eigenvalue weighted by molar-refractivity contribution is 9.10. The van der Waals surface area contributed by atoms with Crippen molar-refractivity contribution in [1.82, 2.24) is 10.3 Å². The first kappa shape index (κ1) is 14.5. The van der Waals surface area contributed by atoms with Crippen LogP contribution in [-0.4, -0.2) is 17.0 Å². The molecule has 0 aliphatic rings. The van der Waals surface area contributed by atoms with Gasteiger partial charge in [0.25, 0.3) is 5.91 Å². The molecule has 0 saturated heterocycles. The van der Waals surface area contributed by atoms with Crippen molar-refractivity contribution in [3.8, 4) is 5.75 Å². The zero-order valence-corrected chi connectivity index (χ0v) is 12.6. The van der Waals surface area contributed by atoms with E-state index in [-0.39, 0.29) is 5.91 Å². The van der Waals surface area contributed by atoms with Gasteiger partial charge in [-0.1, -0.05) is 18.2 Å². The minimum Gasteiger partial charge on any atom is -0.480 e. The van der Waals surface area contributed by atoms with E-state index in [4.69, 9.17) is 4.74 Å². The Morgan fingerprint density at radius 3 is 2.75 bits per heavy atom. The van der Waals surface area contributed by atoms with E-state index < -0.39 is 6.10 Å². The van der Waals surface area contributed by atoms with E-state index in [1.54, 1.807) is 13.1 Å². The van der Waals surface area contributed by atoms with Crippen LogP contribution in [0.3, 0.4) is 0 Å². The Morgan fingerprint density at radius 2 is 2.05 bits per heavy atom. The Bertz CT molecular complexity index is 575. The number of carbonyl (C=O) groups is 1. The molecule has 1 aromatic carbocycles. The molecule has 1 N–H and O–H groups in total. The maximum Gasteiger partial charge on any atom is 0.261 e. The number of carbonyl (C=O) groups excluding carboxylic acids is 1. The predicted molar refractivity (Wildman–Crippen MR) is 80.3 cm³/mol. The van der Waals surface area contributed by atoms with Crippen molar-refractivity contribution in [2.24, 2.45) is 0 Å². The normalized spacial score (nSPS) is 11.7. The lowest BCUT2D eigenvalue weighted by atomic mass is 10.3. The number of para-hydroxylation sites is 1. The third-order valence-electron chi connectivity index (χ3n) is 2.68. The Balaban J connectivity index is 1.88. The first-order valence-corrected chi connectivity index (χ1v) is 7.05. The van der Waals surface area contributed by atoms with E-state index in [9.17, 15) is 4.79 Å². The predicted octanol–water partition coefficient (Wildman–Crippen LogP) is 2.93. The van der Waals surface area contributed by atoms with Crippen LogP contribution in [0.2, 0.25) is 0 Å². The number of nitrogens with zero attached hydrogens (tertiary/aromatic N) is 1. The molecule has 0 saturated carbocycles. The molecule has 1 amide bonds. The molecule has 2 rings (SSSR count). The molecule has 0 spiro atoms. The SMILES string of the molecule is CC(Oc1ccccc1Br)C(=O)NCc1ccccn1. The van der Waals surface area contributed by atoms with Gasteiger partial charge in [-0.05, 0) is 47.1 Å². The van der Waals surface area contributed by atoms with Crippen molar-refractivity contribution in [1.29, 1.82) is 0 Å². The summed E-state index contributed by atoms with van der Waals surface area (Å²) in [4.78, 5) is 16.1. The van der Waals surface area contributed by atoms with Crippen LogP contribution in [0.5, 0.6) is 5.75 Å². The second-order valence-electron chi connectivity index (χ2n) is 4.23. The minimum atomic E-state index is -0.572. The second-order valence-corrected chi connectivity index (χ2v) is 5.08. The van der Waals surface area contributed by atoms with E-state index in [0.29, 0.717) is 12.3 Å². The molecule has 104 valence electrons.